The van der Waals surface area contributed by atoms with Gasteiger partial charge in [0.15, 0.2) is 0 Å². The molecule has 1 amide bonds. The summed E-state index contributed by atoms with van der Waals surface area (Å²) >= 11 is 0. The molecular formula is C20H21N5O3S. The molecule has 1 aliphatic heterocycles. The molecule has 4 rings (SSSR count). The molecule has 0 bridgehead atoms. The monoisotopic (exact) mass is 411 g/mol. The van der Waals surface area contributed by atoms with E-state index in [2.05, 4.69) is 15.4 Å². The van der Waals surface area contributed by atoms with Gasteiger partial charge in [0.05, 0.1) is 17.6 Å². The molecule has 0 saturated heterocycles. The van der Waals surface area contributed by atoms with Crippen molar-refractivity contribution in [3.05, 3.63) is 71.8 Å². The molecule has 0 aliphatic carbocycles. The Hall–Kier alpha value is -3.20. The summed E-state index contributed by atoms with van der Waals surface area (Å²) in [4.78, 5) is 16.5. The number of carbonyl (C=O) groups excluding carboxylic acids is 1. The lowest BCUT2D eigenvalue weighted by atomic mass is 10.0. The maximum absolute atomic E-state index is 12.6. The first-order valence-electron chi connectivity index (χ1n) is 9.24. The third-order valence-corrected chi connectivity index (χ3v) is 6.07. The van der Waals surface area contributed by atoms with Crippen LogP contribution in [0.25, 0.3) is 5.69 Å². The highest BCUT2D eigenvalue weighted by molar-refractivity contribution is 7.92. The van der Waals surface area contributed by atoms with Crippen LogP contribution >= 0.6 is 0 Å². The Labute approximate surface area is 169 Å². The Morgan fingerprint density at radius 3 is 2.66 bits per heavy atom. The fourth-order valence-electron chi connectivity index (χ4n) is 3.44. The standard InChI is InChI=1S/C20H21N5O3S/c1-29(27,28)25-10-2-3-16-11-17(6-9-19(16)25)20(26)22-12-15-4-7-18(8-5-15)24-14-21-13-23-24/h4-9,11,13-14H,2-3,10,12H2,1H3,(H,22,26). The van der Waals surface area contributed by atoms with Crippen LogP contribution in [-0.2, 0) is 23.0 Å². The van der Waals surface area contributed by atoms with Crippen LogP contribution in [0.15, 0.2) is 55.1 Å². The largest absolute Gasteiger partial charge is 0.348 e. The number of anilines is 1. The first kappa shape index (κ1) is 19.1. The van der Waals surface area contributed by atoms with E-state index in [9.17, 15) is 13.2 Å². The van der Waals surface area contributed by atoms with E-state index in [4.69, 9.17) is 0 Å². The smallest absolute Gasteiger partial charge is 0.251 e. The van der Waals surface area contributed by atoms with Crippen molar-refractivity contribution in [3.63, 3.8) is 0 Å². The van der Waals surface area contributed by atoms with Crippen LogP contribution in [0.1, 0.15) is 27.9 Å². The number of sulfonamides is 1. The molecule has 1 aromatic heterocycles. The fourth-order valence-corrected chi connectivity index (χ4v) is 4.44. The van der Waals surface area contributed by atoms with Crippen LogP contribution < -0.4 is 9.62 Å². The van der Waals surface area contributed by atoms with E-state index < -0.39 is 10.0 Å². The van der Waals surface area contributed by atoms with Crippen molar-refractivity contribution in [1.29, 1.82) is 0 Å². The number of nitrogens with zero attached hydrogens (tertiary/aromatic N) is 4. The van der Waals surface area contributed by atoms with Gasteiger partial charge in [-0.15, -0.1) is 0 Å². The first-order valence-corrected chi connectivity index (χ1v) is 11.1. The highest BCUT2D eigenvalue weighted by Gasteiger charge is 2.24. The van der Waals surface area contributed by atoms with Crippen LogP contribution in [0, 0.1) is 0 Å². The Morgan fingerprint density at radius 2 is 1.97 bits per heavy atom. The summed E-state index contributed by atoms with van der Waals surface area (Å²) in [6.45, 7) is 0.866. The van der Waals surface area contributed by atoms with Gasteiger partial charge in [-0.2, -0.15) is 5.10 Å². The maximum Gasteiger partial charge on any atom is 0.251 e. The van der Waals surface area contributed by atoms with E-state index in [-0.39, 0.29) is 5.91 Å². The van der Waals surface area contributed by atoms with Crippen molar-refractivity contribution >= 4 is 21.6 Å². The minimum absolute atomic E-state index is 0.190. The van der Waals surface area contributed by atoms with Gasteiger partial charge in [0, 0.05) is 18.7 Å². The van der Waals surface area contributed by atoms with Gasteiger partial charge in [-0.3, -0.25) is 9.10 Å². The molecule has 2 heterocycles. The zero-order chi connectivity index (χ0) is 20.4. The van der Waals surface area contributed by atoms with Gasteiger partial charge in [0.1, 0.15) is 12.7 Å². The second-order valence-corrected chi connectivity index (χ2v) is 8.88. The third-order valence-electron chi connectivity index (χ3n) is 4.89. The Bertz CT molecular complexity index is 1130. The van der Waals surface area contributed by atoms with E-state index in [0.29, 0.717) is 24.3 Å². The molecule has 2 aromatic carbocycles. The number of nitrogens with one attached hydrogen (secondary N) is 1. The van der Waals surface area contributed by atoms with Crippen LogP contribution in [0.2, 0.25) is 0 Å². The molecule has 1 aliphatic rings. The molecule has 0 saturated carbocycles. The van der Waals surface area contributed by atoms with Gasteiger partial charge in [-0.1, -0.05) is 12.1 Å². The lowest BCUT2D eigenvalue weighted by Gasteiger charge is -2.29. The summed E-state index contributed by atoms with van der Waals surface area (Å²) in [5.74, 6) is -0.190. The Morgan fingerprint density at radius 1 is 1.17 bits per heavy atom. The lowest BCUT2D eigenvalue weighted by molar-refractivity contribution is 0.0951. The second kappa shape index (κ2) is 7.67. The predicted molar refractivity (Wildman–Crippen MR) is 109 cm³/mol. The van der Waals surface area contributed by atoms with Gasteiger partial charge in [-0.25, -0.2) is 18.1 Å². The van der Waals surface area contributed by atoms with E-state index in [1.54, 1.807) is 29.2 Å². The van der Waals surface area contributed by atoms with Gasteiger partial charge in [0.2, 0.25) is 10.0 Å². The molecule has 3 aromatic rings. The normalized spacial score (nSPS) is 13.8. The average Bonchev–Trinajstić information content (AvgIpc) is 3.25. The Balaban J connectivity index is 1.44. The van der Waals surface area contributed by atoms with Crippen molar-refractivity contribution in [1.82, 2.24) is 20.1 Å². The number of amides is 1. The van der Waals surface area contributed by atoms with Crippen molar-refractivity contribution in [2.24, 2.45) is 0 Å². The summed E-state index contributed by atoms with van der Waals surface area (Å²) < 4.78 is 27.0. The Kier molecular flexibility index (Phi) is 5.06. The topological polar surface area (TPSA) is 97.2 Å². The van der Waals surface area contributed by atoms with Crippen molar-refractivity contribution < 1.29 is 13.2 Å². The fraction of sp³-hybridized carbons (Fsp3) is 0.250. The molecule has 0 fully saturated rings. The SMILES string of the molecule is CS(=O)(=O)N1CCCc2cc(C(=O)NCc3ccc(-n4cncn4)cc3)ccc21. The first-order chi connectivity index (χ1) is 13.9. The summed E-state index contributed by atoms with van der Waals surface area (Å²) in [5, 5.41) is 6.99. The molecule has 0 spiro atoms. The minimum Gasteiger partial charge on any atom is -0.348 e. The van der Waals surface area contributed by atoms with E-state index in [1.807, 2.05) is 24.3 Å². The highest BCUT2D eigenvalue weighted by Crippen LogP contribution is 2.29. The summed E-state index contributed by atoms with van der Waals surface area (Å²) in [6, 6.07) is 12.9. The van der Waals surface area contributed by atoms with Crippen LogP contribution in [-0.4, -0.2) is 41.9 Å². The maximum atomic E-state index is 12.6. The molecule has 8 nitrogen and oxygen atoms in total. The molecular weight excluding hydrogens is 390 g/mol. The van der Waals surface area contributed by atoms with Crippen LogP contribution in [0.4, 0.5) is 5.69 Å². The number of hydrogen-bond donors (Lipinski definition) is 1. The summed E-state index contributed by atoms with van der Waals surface area (Å²) in [7, 11) is -3.32. The minimum atomic E-state index is -3.32. The number of hydrogen-bond acceptors (Lipinski definition) is 5. The van der Waals surface area contributed by atoms with Gasteiger partial charge in [-0.05, 0) is 54.3 Å². The second-order valence-electron chi connectivity index (χ2n) is 6.97. The molecule has 0 radical (unpaired) electrons. The van der Waals surface area contributed by atoms with Crippen molar-refractivity contribution in [3.8, 4) is 5.69 Å². The predicted octanol–water partition coefficient (Wildman–Crippen LogP) is 1.91. The summed E-state index contributed by atoms with van der Waals surface area (Å²) in [6.07, 6.45) is 5.80. The van der Waals surface area contributed by atoms with E-state index in [1.165, 1.54) is 16.9 Å². The van der Waals surface area contributed by atoms with Crippen LogP contribution in [0.3, 0.4) is 0 Å². The zero-order valence-electron chi connectivity index (χ0n) is 15.9. The molecule has 0 atom stereocenters. The average molecular weight is 411 g/mol. The number of rotatable bonds is 5. The number of carbonyl (C=O) groups is 1. The number of fused-ring (bicyclic) bond motifs is 1. The third kappa shape index (κ3) is 4.14. The molecule has 0 unspecified atom stereocenters. The van der Waals surface area contributed by atoms with Gasteiger partial charge < -0.3 is 5.32 Å². The van der Waals surface area contributed by atoms with Crippen molar-refractivity contribution in [2.45, 2.75) is 19.4 Å². The molecule has 150 valence electrons. The number of aromatic nitrogens is 3. The number of aryl methyl sites for hydroxylation is 1. The lowest BCUT2D eigenvalue weighted by Crippen LogP contribution is -2.34. The zero-order valence-corrected chi connectivity index (χ0v) is 16.8. The number of benzene rings is 2. The molecule has 1 N–H and O–H groups in total. The van der Waals surface area contributed by atoms with Gasteiger partial charge in [0.25, 0.3) is 5.91 Å². The summed E-state index contributed by atoms with van der Waals surface area (Å²) in [5.41, 5.74) is 3.93. The van der Waals surface area contributed by atoms with Crippen molar-refractivity contribution in [2.75, 3.05) is 17.1 Å². The van der Waals surface area contributed by atoms with Crippen LogP contribution in [0.5, 0.6) is 0 Å². The highest BCUT2D eigenvalue weighted by atomic mass is 32.2. The van der Waals surface area contributed by atoms with E-state index in [0.717, 1.165) is 29.7 Å². The van der Waals surface area contributed by atoms with Gasteiger partial charge >= 0.3 is 0 Å². The molecule has 29 heavy (non-hydrogen) atoms. The molecule has 9 heteroatoms. The quantitative estimate of drug-likeness (QED) is 0.692. The van der Waals surface area contributed by atoms with E-state index >= 15 is 0 Å².